The minimum atomic E-state index is -0.489. The number of nitrogens with zero attached hydrogens (tertiary/aromatic N) is 2. The monoisotopic (exact) mass is 325 g/mol. The molecule has 1 aromatic carbocycles. The molecule has 0 aliphatic carbocycles. The largest absolute Gasteiger partial charge is 0.493 e. The summed E-state index contributed by atoms with van der Waals surface area (Å²) in [6, 6.07) is 7.47. The molecule has 6 nitrogen and oxygen atoms in total. The number of ether oxygens (including phenoxy) is 2. The SMILES string of the molecule is COc1cccc(/C=C/c2n[nH]c(=O)c(C#N)c2C)c1OC(C)C. The fourth-order valence-corrected chi connectivity index (χ4v) is 2.20. The first-order valence-corrected chi connectivity index (χ1v) is 7.49. The predicted molar refractivity (Wildman–Crippen MR) is 92.0 cm³/mol. The maximum atomic E-state index is 11.6. The summed E-state index contributed by atoms with van der Waals surface area (Å²) in [6.07, 6.45) is 3.54. The molecule has 0 radical (unpaired) electrons. The van der Waals surface area contributed by atoms with Gasteiger partial charge < -0.3 is 9.47 Å². The van der Waals surface area contributed by atoms with Crippen molar-refractivity contribution in [2.24, 2.45) is 0 Å². The highest BCUT2D eigenvalue weighted by Crippen LogP contribution is 2.33. The van der Waals surface area contributed by atoms with Gasteiger partial charge in [0.05, 0.1) is 18.9 Å². The number of para-hydroxylation sites is 1. The molecule has 0 saturated heterocycles. The van der Waals surface area contributed by atoms with Crippen LogP contribution in [0.4, 0.5) is 0 Å². The van der Waals surface area contributed by atoms with E-state index in [0.29, 0.717) is 22.8 Å². The average Bonchev–Trinajstić information content (AvgIpc) is 2.55. The molecular weight excluding hydrogens is 306 g/mol. The molecule has 1 aromatic heterocycles. The second-order valence-corrected chi connectivity index (χ2v) is 5.43. The van der Waals surface area contributed by atoms with Gasteiger partial charge in [-0.2, -0.15) is 10.4 Å². The van der Waals surface area contributed by atoms with E-state index in [-0.39, 0.29) is 11.7 Å². The lowest BCUT2D eigenvalue weighted by molar-refractivity contribution is 0.229. The zero-order valence-electron chi connectivity index (χ0n) is 14.1. The van der Waals surface area contributed by atoms with Gasteiger partial charge in [-0.05, 0) is 44.6 Å². The quantitative estimate of drug-likeness (QED) is 0.913. The van der Waals surface area contributed by atoms with Crippen LogP contribution < -0.4 is 15.0 Å². The summed E-state index contributed by atoms with van der Waals surface area (Å²) in [5.41, 5.74) is 1.44. The van der Waals surface area contributed by atoms with Gasteiger partial charge in [-0.25, -0.2) is 5.10 Å². The first kappa shape index (κ1) is 17.3. The Bertz CT molecular complexity index is 861. The number of hydrogen-bond donors (Lipinski definition) is 1. The molecular formula is C18H19N3O3. The van der Waals surface area contributed by atoms with E-state index in [0.717, 1.165) is 5.56 Å². The fourth-order valence-electron chi connectivity index (χ4n) is 2.20. The topological polar surface area (TPSA) is 88.0 Å². The van der Waals surface area contributed by atoms with Gasteiger partial charge in [0.1, 0.15) is 11.6 Å². The zero-order chi connectivity index (χ0) is 17.7. The maximum Gasteiger partial charge on any atom is 0.282 e. The summed E-state index contributed by atoms with van der Waals surface area (Å²) in [4.78, 5) is 11.6. The Balaban J connectivity index is 2.47. The van der Waals surface area contributed by atoms with Gasteiger partial charge in [0.25, 0.3) is 5.56 Å². The van der Waals surface area contributed by atoms with Crippen LogP contribution in [0.1, 0.15) is 36.2 Å². The van der Waals surface area contributed by atoms with Crippen LogP contribution in [0.3, 0.4) is 0 Å². The number of nitrogens with one attached hydrogen (secondary N) is 1. The Morgan fingerprint density at radius 3 is 2.71 bits per heavy atom. The summed E-state index contributed by atoms with van der Waals surface area (Å²) in [5, 5.41) is 15.4. The minimum Gasteiger partial charge on any atom is -0.493 e. The second kappa shape index (κ2) is 7.47. The number of aromatic nitrogens is 2. The van der Waals surface area contributed by atoms with Crippen molar-refractivity contribution < 1.29 is 9.47 Å². The van der Waals surface area contributed by atoms with E-state index in [1.165, 1.54) is 0 Å². The molecule has 0 bridgehead atoms. The lowest BCUT2D eigenvalue weighted by Crippen LogP contribution is -2.15. The summed E-state index contributed by atoms with van der Waals surface area (Å²) in [7, 11) is 1.59. The molecule has 2 aromatic rings. The molecule has 0 unspecified atom stereocenters. The lowest BCUT2D eigenvalue weighted by Gasteiger charge is -2.15. The Morgan fingerprint density at radius 2 is 2.08 bits per heavy atom. The van der Waals surface area contributed by atoms with Crippen LogP contribution >= 0.6 is 0 Å². The molecule has 1 N–H and O–H groups in total. The molecule has 0 aliphatic heterocycles. The summed E-state index contributed by atoms with van der Waals surface area (Å²) in [5.74, 6) is 1.27. The Labute approximate surface area is 140 Å². The van der Waals surface area contributed by atoms with Gasteiger partial charge in [-0.1, -0.05) is 12.1 Å². The molecule has 2 rings (SSSR count). The lowest BCUT2D eigenvalue weighted by atomic mass is 10.1. The molecule has 0 amide bonds. The molecule has 0 spiro atoms. The Morgan fingerprint density at radius 1 is 1.33 bits per heavy atom. The van der Waals surface area contributed by atoms with Crippen LogP contribution in [-0.2, 0) is 0 Å². The van der Waals surface area contributed by atoms with Crippen LogP contribution in [0, 0.1) is 18.3 Å². The van der Waals surface area contributed by atoms with Gasteiger partial charge >= 0.3 is 0 Å². The number of nitriles is 1. The number of rotatable bonds is 5. The van der Waals surface area contributed by atoms with Crippen molar-refractivity contribution in [2.75, 3.05) is 7.11 Å². The van der Waals surface area contributed by atoms with Crippen molar-refractivity contribution in [3.05, 3.63) is 50.9 Å². The van der Waals surface area contributed by atoms with E-state index in [1.54, 1.807) is 20.1 Å². The second-order valence-electron chi connectivity index (χ2n) is 5.43. The van der Waals surface area contributed by atoms with Crippen molar-refractivity contribution in [1.82, 2.24) is 10.2 Å². The van der Waals surface area contributed by atoms with Gasteiger partial charge in [0, 0.05) is 5.56 Å². The summed E-state index contributed by atoms with van der Waals surface area (Å²) >= 11 is 0. The van der Waals surface area contributed by atoms with Crippen LogP contribution in [0.25, 0.3) is 12.2 Å². The van der Waals surface area contributed by atoms with E-state index in [9.17, 15) is 4.79 Å². The Hall–Kier alpha value is -3.07. The van der Waals surface area contributed by atoms with Gasteiger partial charge in [0.2, 0.25) is 0 Å². The van der Waals surface area contributed by atoms with Gasteiger partial charge in [-0.3, -0.25) is 4.79 Å². The van der Waals surface area contributed by atoms with Crippen LogP contribution in [0.5, 0.6) is 11.5 Å². The molecule has 6 heteroatoms. The van der Waals surface area contributed by atoms with Crippen molar-refractivity contribution in [3.8, 4) is 17.6 Å². The van der Waals surface area contributed by atoms with Crippen LogP contribution in [0.2, 0.25) is 0 Å². The third-order valence-electron chi connectivity index (χ3n) is 3.38. The standard InChI is InChI=1S/C18H19N3O3/c1-11(2)24-17-13(6-5-7-16(17)23-4)8-9-15-12(3)14(10-19)18(22)21-20-15/h5-9,11H,1-4H3,(H,21,22)/b9-8+. The maximum absolute atomic E-state index is 11.6. The number of aromatic amines is 1. The van der Waals surface area contributed by atoms with Crippen molar-refractivity contribution in [2.45, 2.75) is 26.9 Å². The number of benzene rings is 1. The Kier molecular flexibility index (Phi) is 5.38. The smallest absolute Gasteiger partial charge is 0.282 e. The van der Waals surface area contributed by atoms with Crippen molar-refractivity contribution in [1.29, 1.82) is 5.26 Å². The molecule has 24 heavy (non-hydrogen) atoms. The third-order valence-corrected chi connectivity index (χ3v) is 3.38. The zero-order valence-corrected chi connectivity index (χ0v) is 14.1. The van der Waals surface area contributed by atoms with E-state index < -0.39 is 5.56 Å². The highest BCUT2D eigenvalue weighted by Gasteiger charge is 2.11. The van der Waals surface area contributed by atoms with E-state index in [4.69, 9.17) is 14.7 Å². The average molecular weight is 325 g/mol. The fraction of sp³-hybridized carbons (Fsp3) is 0.278. The molecule has 0 saturated carbocycles. The van der Waals surface area contributed by atoms with E-state index in [2.05, 4.69) is 10.2 Å². The highest BCUT2D eigenvalue weighted by molar-refractivity contribution is 5.74. The molecule has 0 fully saturated rings. The molecule has 0 atom stereocenters. The number of hydrogen-bond acceptors (Lipinski definition) is 5. The van der Waals surface area contributed by atoms with E-state index in [1.807, 2.05) is 44.2 Å². The molecule has 1 heterocycles. The number of methoxy groups -OCH3 is 1. The first-order valence-electron chi connectivity index (χ1n) is 7.49. The normalized spacial score (nSPS) is 10.8. The van der Waals surface area contributed by atoms with Crippen LogP contribution in [-0.4, -0.2) is 23.4 Å². The number of H-pyrrole nitrogens is 1. The summed E-state index contributed by atoms with van der Waals surface area (Å²) in [6.45, 7) is 5.57. The van der Waals surface area contributed by atoms with Gasteiger partial charge in [0.15, 0.2) is 11.5 Å². The van der Waals surface area contributed by atoms with Crippen molar-refractivity contribution in [3.63, 3.8) is 0 Å². The summed E-state index contributed by atoms with van der Waals surface area (Å²) < 4.78 is 11.2. The van der Waals surface area contributed by atoms with Crippen LogP contribution in [0.15, 0.2) is 23.0 Å². The highest BCUT2D eigenvalue weighted by atomic mass is 16.5. The molecule has 0 aliphatic rings. The van der Waals surface area contributed by atoms with Crippen molar-refractivity contribution >= 4 is 12.2 Å². The first-order chi connectivity index (χ1) is 11.5. The van der Waals surface area contributed by atoms with E-state index >= 15 is 0 Å². The predicted octanol–water partition coefficient (Wildman–Crippen LogP) is 2.92. The molecule has 124 valence electrons. The van der Waals surface area contributed by atoms with Gasteiger partial charge in [-0.15, -0.1) is 0 Å². The third kappa shape index (κ3) is 3.63. The minimum absolute atomic E-state index is 0.00779.